The van der Waals surface area contributed by atoms with Crippen LogP contribution >= 0.6 is 0 Å². The summed E-state index contributed by atoms with van der Waals surface area (Å²) in [6.07, 6.45) is 1.78. The molecule has 1 aromatic heterocycles. The second-order valence-electron chi connectivity index (χ2n) is 2.45. The second kappa shape index (κ2) is 2.75. The molecule has 11 heavy (non-hydrogen) atoms. The van der Waals surface area contributed by atoms with Gasteiger partial charge in [-0.25, -0.2) is 5.84 Å². The quantitative estimate of drug-likeness (QED) is 0.307. The molecule has 0 aliphatic rings. The van der Waals surface area contributed by atoms with Gasteiger partial charge in [0.25, 0.3) is 5.91 Å². The molecule has 0 spiro atoms. The molecule has 0 aliphatic carbocycles. The molecule has 4 nitrogen and oxygen atoms in total. The van der Waals surface area contributed by atoms with Gasteiger partial charge in [0, 0.05) is 11.9 Å². The largest absolute Gasteiger partial charge is 0.364 e. The predicted molar refractivity (Wildman–Crippen MR) is 41.9 cm³/mol. The minimum atomic E-state index is -0.249. The summed E-state index contributed by atoms with van der Waals surface area (Å²) in [6.45, 7) is 3.69. The van der Waals surface area contributed by atoms with Crippen molar-refractivity contribution in [2.24, 2.45) is 5.84 Å². The first-order valence-corrected chi connectivity index (χ1v) is 3.32. The van der Waals surface area contributed by atoms with Gasteiger partial charge in [-0.3, -0.25) is 10.2 Å². The Labute approximate surface area is 64.8 Å². The van der Waals surface area contributed by atoms with Crippen molar-refractivity contribution in [3.8, 4) is 0 Å². The molecule has 1 aromatic rings. The van der Waals surface area contributed by atoms with Crippen LogP contribution < -0.4 is 11.3 Å². The van der Waals surface area contributed by atoms with Gasteiger partial charge in [0.15, 0.2) is 0 Å². The molecule has 0 saturated carbocycles. The maximum atomic E-state index is 11.1. The van der Waals surface area contributed by atoms with Crippen molar-refractivity contribution in [2.75, 3.05) is 0 Å². The maximum Gasteiger partial charge on any atom is 0.267 e. The first-order valence-electron chi connectivity index (χ1n) is 3.32. The van der Waals surface area contributed by atoms with Crippen molar-refractivity contribution in [3.05, 3.63) is 23.0 Å². The predicted octanol–water partition coefficient (Wildman–Crippen LogP) is 0.235. The van der Waals surface area contributed by atoms with Gasteiger partial charge in [-0.2, -0.15) is 0 Å². The van der Waals surface area contributed by atoms with Crippen molar-refractivity contribution in [3.63, 3.8) is 0 Å². The summed E-state index contributed by atoms with van der Waals surface area (Å²) in [6, 6.07) is 0. The van der Waals surface area contributed by atoms with Crippen LogP contribution in [0.2, 0.25) is 0 Å². The number of hydrogen-bond acceptors (Lipinski definition) is 2. The number of hydrogen-bond donors (Lipinski definition) is 3. The van der Waals surface area contributed by atoms with Crippen LogP contribution in [0.15, 0.2) is 6.20 Å². The monoisotopic (exact) mass is 153 g/mol. The van der Waals surface area contributed by atoms with Crippen molar-refractivity contribution >= 4 is 5.91 Å². The van der Waals surface area contributed by atoms with Crippen LogP contribution in [0.3, 0.4) is 0 Å². The molecule has 0 fully saturated rings. The zero-order chi connectivity index (χ0) is 8.43. The van der Waals surface area contributed by atoms with Crippen molar-refractivity contribution in [1.82, 2.24) is 10.4 Å². The van der Waals surface area contributed by atoms with Gasteiger partial charge < -0.3 is 4.98 Å². The van der Waals surface area contributed by atoms with E-state index in [0.29, 0.717) is 5.56 Å². The van der Waals surface area contributed by atoms with Crippen molar-refractivity contribution in [1.29, 1.82) is 0 Å². The molecular formula is C7H11N3O. The number of nitrogens with one attached hydrogen (secondary N) is 2. The molecule has 60 valence electrons. The number of aromatic nitrogens is 1. The molecule has 4 heteroatoms. The van der Waals surface area contributed by atoms with Crippen molar-refractivity contribution < 1.29 is 4.79 Å². The minimum absolute atomic E-state index is 0.249. The third-order valence-electron chi connectivity index (χ3n) is 1.63. The van der Waals surface area contributed by atoms with Gasteiger partial charge in [-0.05, 0) is 19.4 Å². The Morgan fingerprint density at radius 3 is 2.64 bits per heavy atom. The van der Waals surface area contributed by atoms with Crippen LogP contribution in [0.4, 0.5) is 0 Å². The third-order valence-corrected chi connectivity index (χ3v) is 1.63. The Bertz CT molecular complexity index is 258. The molecule has 1 amide bonds. The summed E-state index contributed by atoms with van der Waals surface area (Å²) in [5.74, 6) is 4.74. The van der Waals surface area contributed by atoms with E-state index in [4.69, 9.17) is 5.84 Å². The molecule has 0 atom stereocenters. The van der Waals surface area contributed by atoms with Crippen LogP contribution in [-0.2, 0) is 0 Å². The van der Waals surface area contributed by atoms with Gasteiger partial charge in [0.1, 0.15) is 0 Å². The molecule has 1 rings (SSSR count). The Morgan fingerprint density at radius 1 is 1.64 bits per heavy atom. The van der Waals surface area contributed by atoms with Crippen LogP contribution in [0.1, 0.15) is 21.6 Å². The van der Waals surface area contributed by atoms with Crippen molar-refractivity contribution in [2.45, 2.75) is 13.8 Å². The van der Waals surface area contributed by atoms with Crippen LogP contribution in [-0.4, -0.2) is 10.9 Å². The zero-order valence-electron chi connectivity index (χ0n) is 6.56. The van der Waals surface area contributed by atoms with Gasteiger partial charge >= 0.3 is 0 Å². The van der Waals surface area contributed by atoms with E-state index in [1.807, 2.05) is 13.8 Å². The van der Waals surface area contributed by atoms with E-state index in [2.05, 4.69) is 10.4 Å². The molecule has 0 aromatic carbocycles. The number of amides is 1. The molecule has 0 radical (unpaired) electrons. The number of rotatable bonds is 1. The van der Waals surface area contributed by atoms with E-state index < -0.39 is 0 Å². The van der Waals surface area contributed by atoms with Gasteiger partial charge in [-0.15, -0.1) is 0 Å². The molecule has 1 heterocycles. The fraction of sp³-hybridized carbons (Fsp3) is 0.286. The minimum Gasteiger partial charge on any atom is -0.364 e. The molecule has 4 N–H and O–H groups in total. The highest BCUT2D eigenvalue weighted by Crippen LogP contribution is 2.10. The first-order chi connectivity index (χ1) is 5.16. The summed E-state index contributed by atoms with van der Waals surface area (Å²) in [7, 11) is 0. The Hall–Kier alpha value is -1.29. The zero-order valence-corrected chi connectivity index (χ0v) is 6.56. The van der Waals surface area contributed by atoms with E-state index in [1.165, 1.54) is 0 Å². The summed E-state index contributed by atoms with van der Waals surface area (Å²) in [5, 5.41) is 0. The average Bonchev–Trinajstić information content (AvgIpc) is 2.30. The third kappa shape index (κ3) is 1.25. The highest BCUT2D eigenvalue weighted by atomic mass is 16.2. The van der Waals surface area contributed by atoms with Crippen LogP contribution in [0, 0.1) is 13.8 Å². The normalized spacial score (nSPS) is 9.73. The number of aromatic amines is 1. The number of nitrogen functional groups attached to an aromatic ring is 1. The van der Waals surface area contributed by atoms with E-state index in [0.717, 1.165) is 11.3 Å². The van der Waals surface area contributed by atoms with Crippen LogP contribution in [0.5, 0.6) is 0 Å². The number of carbonyl (C=O) groups is 1. The van der Waals surface area contributed by atoms with E-state index in [-0.39, 0.29) is 5.91 Å². The van der Waals surface area contributed by atoms with Gasteiger partial charge in [0.05, 0.1) is 5.56 Å². The lowest BCUT2D eigenvalue weighted by molar-refractivity contribution is 0.0952. The maximum absolute atomic E-state index is 11.1. The summed E-state index contributed by atoms with van der Waals surface area (Å²) < 4.78 is 0. The topological polar surface area (TPSA) is 70.9 Å². The number of hydrazine groups is 1. The molecule has 0 aliphatic heterocycles. The number of H-pyrrole nitrogens is 1. The highest BCUT2D eigenvalue weighted by molar-refractivity contribution is 5.96. The average molecular weight is 153 g/mol. The lowest BCUT2D eigenvalue weighted by atomic mass is 10.1. The lowest BCUT2D eigenvalue weighted by Gasteiger charge is -1.98. The first kappa shape index (κ1) is 7.81. The molecular weight excluding hydrogens is 142 g/mol. The van der Waals surface area contributed by atoms with Gasteiger partial charge in [-0.1, -0.05) is 0 Å². The Morgan fingerprint density at radius 2 is 2.27 bits per heavy atom. The SMILES string of the molecule is Cc1c[nH]c(C)c1C(=O)NN. The fourth-order valence-corrected chi connectivity index (χ4v) is 1.08. The van der Waals surface area contributed by atoms with E-state index in [9.17, 15) is 4.79 Å². The smallest absolute Gasteiger partial charge is 0.267 e. The summed E-state index contributed by atoms with van der Waals surface area (Å²) >= 11 is 0. The molecule has 0 saturated heterocycles. The van der Waals surface area contributed by atoms with Gasteiger partial charge in [0.2, 0.25) is 0 Å². The van der Waals surface area contributed by atoms with Crippen LogP contribution in [0.25, 0.3) is 0 Å². The summed E-state index contributed by atoms with van der Waals surface area (Å²) in [5.41, 5.74) is 4.47. The lowest BCUT2D eigenvalue weighted by Crippen LogP contribution is -2.30. The molecule has 0 unspecified atom stereocenters. The second-order valence-corrected chi connectivity index (χ2v) is 2.45. The van der Waals surface area contributed by atoms with E-state index >= 15 is 0 Å². The summed E-state index contributed by atoms with van der Waals surface area (Å²) in [4.78, 5) is 14.0. The molecule has 0 bridgehead atoms. The standard InChI is InChI=1S/C7H11N3O/c1-4-3-9-5(2)6(4)7(11)10-8/h3,9H,8H2,1-2H3,(H,10,11). The fourth-order valence-electron chi connectivity index (χ4n) is 1.08. The Balaban J connectivity index is 3.10. The number of aryl methyl sites for hydroxylation is 2. The highest BCUT2D eigenvalue weighted by Gasteiger charge is 2.11. The Kier molecular flexibility index (Phi) is 1.96. The number of nitrogens with two attached hydrogens (primary N) is 1. The van der Waals surface area contributed by atoms with E-state index in [1.54, 1.807) is 6.20 Å². The number of carbonyl (C=O) groups excluding carboxylic acids is 1.